The van der Waals surface area contributed by atoms with Gasteiger partial charge in [-0.15, -0.1) is 6.58 Å². The van der Waals surface area contributed by atoms with E-state index in [1.54, 1.807) is 21.6 Å². The van der Waals surface area contributed by atoms with Gasteiger partial charge in [0, 0.05) is 43.9 Å². The second-order valence-electron chi connectivity index (χ2n) is 9.11. The smallest absolute Gasteiger partial charge is 0.278 e. The molecule has 0 atom stereocenters. The lowest BCUT2D eigenvalue weighted by Crippen LogP contribution is -2.35. The van der Waals surface area contributed by atoms with Crippen molar-refractivity contribution >= 4 is 28.3 Å². The molecule has 188 valence electrons. The fourth-order valence-electron chi connectivity index (χ4n) is 4.59. The van der Waals surface area contributed by atoms with E-state index < -0.39 is 0 Å². The van der Waals surface area contributed by atoms with Crippen molar-refractivity contribution in [1.82, 2.24) is 38.6 Å². The standard InChI is InChI=1S/C26H27N9O2/c1-3-12-34-25(36)20-16-28-26(29-18-7-8-21-27-11-15-33(21)17-18)31-24(20)35(34)22-5-4-6-23(30-22)37-19-9-13-32(2)14-10-19/h3-8,11,15-17,19H,1,9-10,12-14H2,2H3,(H,28,29,31). The molecule has 0 unspecified atom stereocenters. The third-order valence-electron chi connectivity index (χ3n) is 6.50. The summed E-state index contributed by atoms with van der Waals surface area (Å²) in [5.41, 5.74) is 1.85. The van der Waals surface area contributed by atoms with Crippen molar-refractivity contribution < 1.29 is 4.74 Å². The van der Waals surface area contributed by atoms with Crippen molar-refractivity contribution in [1.29, 1.82) is 0 Å². The molecule has 0 radical (unpaired) electrons. The normalized spacial score (nSPS) is 14.8. The number of nitrogens with zero attached hydrogens (tertiary/aromatic N) is 8. The van der Waals surface area contributed by atoms with E-state index in [2.05, 4.69) is 33.8 Å². The van der Waals surface area contributed by atoms with Crippen molar-refractivity contribution in [3.63, 3.8) is 0 Å². The first-order chi connectivity index (χ1) is 18.1. The Hall–Kier alpha value is -4.51. The van der Waals surface area contributed by atoms with E-state index in [1.165, 1.54) is 6.20 Å². The third kappa shape index (κ3) is 4.45. The van der Waals surface area contributed by atoms with Gasteiger partial charge in [0.05, 0.1) is 12.2 Å². The van der Waals surface area contributed by atoms with Crippen LogP contribution in [0.5, 0.6) is 5.88 Å². The second kappa shape index (κ2) is 9.51. The molecule has 0 spiro atoms. The SMILES string of the molecule is C=CCn1c(=O)c2cnc(Nc3ccc4nccn4c3)nc2n1-c1cccc(OC2CCN(C)CC2)n1. The van der Waals surface area contributed by atoms with Gasteiger partial charge in [-0.2, -0.15) is 9.97 Å². The molecular weight excluding hydrogens is 470 g/mol. The van der Waals surface area contributed by atoms with E-state index in [-0.39, 0.29) is 18.2 Å². The number of ether oxygens (including phenoxy) is 1. The quantitative estimate of drug-likeness (QED) is 0.342. The van der Waals surface area contributed by atoms with E-state index >= 15 is 0 Å². The van der Waals surface area contributed by atoms with Gasteiger partial charge in [0.15, 0.2) is 11.5 Å². The van der Waals surface area contributed by atoms with Gasteiger partial charge in [0.2, 0.25) is 11.8 Å². The molecule has 1 aliphatic rings. The summed E-state index contributed by atoms with van der Waals surface area (Å²) in [6, 6.07) is 9.36. The molecule has 11 heteroatoms. The predicted octanol–water partition coefficient (Wildman–Crippen LogP) is 3.03. The zero-order chi connectivity index (χ0) is 25.4. The minimum absolute atomic E-state index is 0.113. The summed E-state index contributed by atoms with van der Waals surface area (Å²) in [6.45, 7) is 6.09. The number of allylic oxidation sites excluding steroid dienone is 1. The molecule has 1 saturated heterocycles. The number of nitrogens with one attached hydrogen (secondary N) is 1. The molecule has 5 aromatic heterocycles. The molecule has 0 bridgehead atoms. The van der Waals surface area contributed by atoms with Crippen molar-refractivity contribution in [2.24, 2.45) is 0 Å². The summed E-state index contributed by atoms with van der Waals surface area (Å²) >= 11 is 0. The monoisotopic (exact) mass is 497 g/mol. The second-order valence-corrected chi connectivity index (χ2v) is 9.11. The highest BCUT2D eigenvalue weighted by Gasteiger charge is 2.21. The number of hydrogen-bond donors (Lipinski definition) is 1. The number of aromatic nitrogens is 7. The maximum absolute atomic E-state index is 13.3. The van der Waals surface area contributed by atoms with E-state index in [0.29, 0.717) is 28.7 Å². The molecule has 37 heavy (non-hydrogen) atoms. The van der Waals surface area contributed by atoms with Crippen LogP contribution in [0.2, 0.25) is 0 Å². The Labute approximate surface area is 212 Å². The maximum atomic E-state index is 13.3. The lowest BCUT2D eigenvalue weighted by Gasteiger charge is -2.29. The molecule has 0 aliphatic carbocycles. The van der Waals surface area contributed by atoms with Crippen LogP contribution in [0.25, 0.3) is 22.5 Å². The maximum Gasteiger partial charge on any atom is 0.278 e. The number of rotatable bonds is 7. The lowest BCUT2D eigenvalue weighted by atomic mass is 10.1. The zero-order valence-corrected chi connectivity index (χ0v) is 20.5. The molecular formula is C26H27N9O2. The molecule has 1 aliphatic heterocycles. The summed E-state index contributed by atoms with van der Waals surface area (Å²) in [5, 5.41) is 3.61. The number of anilines is 2. The molecule has 0 aromatic carbocycles. The van der Waals surface area contributed by atoms with Crippen LogP contribution >= 0.6 is 0 Å². The molecule has 0 saturated carbocycles. The van der Waals surface area contributed by atoms with Crippen LogP contribution in [0.1, 0.15) is 12.8 Å². The molecule has 6 heterocycles. The largest absolute Gasteiger partial charge is 0.474 e. The third-order valence-corrected chi connectivity index (χ3v) is 6.50. The van der Waals surface area contributed by atoms with Crippen LogP contribution in [-0.2, 0) is 6.54 Å². The average molecular weight is 498 g/mol. The summed E-state index contributed by atoms with van der Waals surface area (Å²) in [5.74, 6) is 1.41. The molecule has 6 rings (SSSR count). The van der Waals surface area contributed by atoms with Gasteiger partial charge in [0.25, 0.3) is 5.56 Å². The zero-order valence-electron chi connectivity index (χ0n) is 20.5. The number of imidazole rings is 1. The van der Waals surface area contributed by atoms with Crippen LogP contribution in [0, 0.1) is 0 Å². The minimum Gasteiger partial charge on any atom is -0.474 e. The van der Waals surface area contributed by atoms with Crippen molar-refractivity contribution in [3.05, 3.63) is 78.1 Å². The number of likely N-dealkylation sites (tertiary alicyclic amines) is 1. The Bertz CT molecular complexity index is 1640. The number of fused-ring (bicyclic) bond motifs is 2. The van der Waals surface area contributed by atoms with E-state index in [1.807, 2.05) is 47.1 Å². The van der Waals surface area contributed by atoms with E-state index in [9.17, 15) is 4.79 Å². The highest BCUT2D eigenvalue weighted by atomic mass is 16.5. The van der Waals surface area contributed by atoms with Gasteiger partial charge in [-0.3, -0.25) is 4.79 Å². The van der Waals surface area contributed by atoms with Gasteiger partial charge in [0.1, 0.15) is 17.1 Å². The highest BCUT2D eigenvalue weighted by Crippen LogP contribution is 2.22. The first kappa shape index (κ1) is 22.9. The van der Waals surface area contributed by atoms with Gasteiger partial charge >= 0.3 is 0 Å². The molecule has 1 N–H and O–H groups in total. The summed E-state index contributed by atoms with van der Waals surface area (Å²) < 4.78 is 11.4. The molecule has 11 nitrogen and oxygen atoms in total. The van der Waals surface area contributed by atoms with Gasteiger partial charge in [-0.05, 0) is 38.1 Å². The Balaban J connectivity index is 1.38. The molecule has 5 aromatic rings. The Morgan fingerprint density at radius 3 is 2.86 bits per heavy atom. The first-order valence-electron chi connectivity index (χ1n) is 12.2. The number of piperidine rings is 1. The Kier molecular flexibility index (Phi) is 5.89. The number of pyridine rings is 2. The van der Waals surface area contributed by atoms with Crippen molar-refractivity contribution in [3.8, 4) is 11.7 Å². The molecule has 0 amide bonds. The Morgan fingerprint density at radius 1 is 1.16 bits per heavy atom. The van der Waals surface area contributed by atoms with E-state index in [0.717, 1.165) is 37.3 Å². The first-order valence-corrected chi connectivity index (χ1v) is 12.2. The van der Waals surface area contributed by atoms with E-state index in [4.69, 9.17) is 14.7 Å². The summed E-state index contributed by atoms with van der Waals surface area (Å²) in [6.07, 6.45) is 10.7. The lowest BCUT2D eigenvalue weighted by molar-refractivity contribution is 0.110. The average Bonchev–Trinajstić information content (AvgIpc) is 3.48. The Morgan fingerprint density at radius 2 is 2.03 bits per heavy atom. The number of hydrogen-bond acceptors (Lipinski definition) is 8. The minimum atomic E-state index is -0.218. The van der Waals surface area contributed by atoms with Crippen LogP contribution in [0.3, 0.4) is 0 Å². The van der Waals surface area contributed by atoms with Crippen molar-refractivity contribution in [2.75, 3.05) is 25.5 Å². The fourth-order valence-corrected chi connectivity index (χ4v) is 4.59. The van der Waals surface area contributed by atoms with Crippen LogP contribution in [0.4, 0.5) is 11.6 Å². The predicted molar refractivity (Wildman–Crippen MR) is 141 cm³/mol. The summed E-state index contributed by atoms with van der Waals surface area (Å²) in [4.78, 5) is 33.7. The fraction of sp³-hybridized carbons (Fsp3) is 0.269. The molecule has 1 fully saturated rings. The van der Waals surface area contributed by atoms with Crippen LogP contribution in [0.15, 0.2) is 72.6 Å². The van der Waals surface area contributed by atoms with Crippen LogP contribution < -0.4 is 15.6 Å². The van der Waals surface area contributed by atoms with Crippen molar-refractivity contribution in [2.45, 2.75) is 25.5 Å². The topological polar surface area (TPSA) is 107 Å². The summed E-state index contributed by atoms with van der Waals surface area (Å²) in [7, 11) is 2.12. The highest BCUT2D eigenvalue weighted by molar-refractivity contribution is 5.77. The van der Waals surface area contributed by atoms with Crippen LogP contribution in [-0.4, -0.2) is 64.8 Å². The van der Waals surface area contributed by atoms with Gasteiger partial charge < -0.3 is 19.4 Å². The van der Waals surface area contributed by atoms with Gasteiger partial charge in [-0.1, -0.05) is 12.1 Å². The van der Waals surface area contributed by atoms with Gasteiger partial charge in [-0.25, -0.2) is 19.3 Å².